The largest absolute Gasteiger partial charge is 0.367 e. The third kappa shape index (κ3) is 4.62. The van der Waals surface area contributed by atoms with E-state index in [0.29, 0.717) is 34.7 Å². The van der Waals surface area contributed by atoms with Crippen molar-refractivity contribution in [2.75, 3.05) is 49.5 Å². The molecule has 2 aliphatic carbocycles. The van der Waals surface area contributed by atoms with Crippen LogP contribution in [-0.4, -0.2) is 71.3 Å². The molecule has 9 heteroatoms. The summed E-state index contributed by atoms with van der Waals surface area (Å²) in [5, 5.41) is 8.03. The Hall–Kier alpha value is -2.32. The van der Waals surface area contributed by atoms with Crippen molar-refractivity contribution < 1.29 is 9.32 Å². The molecule has 3 atom stereocenters. The Morgan fingerprint density at radius 2 is 1.80 bits per heavy atom. The molecule has 2 aromatic rings. The van der Waals surface area contributed by atoms with Gasteiger partial charge in [0.1, 0.15) is 0 Å². The summed E-state index contributed by atoms with van der Waals surface area (Å²) >= 11 is 6.60. The number of carbonyl (C=O) groups is 1. The van der Waals surface area contributed by atoms with Gasteiger partial charge in [-0.1, -0.05) is 22.8 Å². The molecule has 0 unspecified atom stereocenters. The first-order valence-corrected chi connectivity index (χ1v) is 13.5. The summed E-state index contributed by atoms with van der Waals surface area (Å²) in [5.41, 5.74) is 1.74. The van der Waals surface area contributed by atoms with Gasteiger partial charge in [0.15, 0.2) is 5.82 Å². The summed E-state index contributed by atoms with van der Waals surface area (Å²) in [6.45, 7) is 9.89. The molecule has 1 aromatic heterocycles. The Balaban J connectivity index is 1.08. The lowest BCUT2D eigenvalue weighted by Gasteiger charge is -2.39. The average molecular weight is 499 g/mol. The van der Waals surface area contributed by atoms with Gasteiger partial charge in [-0.2, -0.15) is 4.98 Å². The molecular formula is C26H35ClN6O2. The van der Waals surface area contributed by atoms with E-state index in [1.807, 2.05) is 17.0 Å². The van der Waals surface area contributed by atoms with Gasteiger partial charge in [0.05, 0.1) is 16.4 Å². The van der Waals surface area contributed by atoms with E-state index in [1.54, 1.807) is 0 Å². The number of hydrogen-bond donors (Lipinski definition) is 1. The number of urea groups is 1. The highest BCUT2D eigenvalue weighted by Gasteiger charge is 2.44. The number of benzene rings is 1. The van der Waals surface area contributed by atoms with E-state index in [0.717, 1.165) is 75.2 Å². The predicted octanol–water partition coefficient (Wildman–Crippen LogP) is 4.79. The summed E-state index contributed by atoms with van der Waals surface area (Å²) in [4.78, 5) is 24.8. The van der Waals surface area contributed by atoms with Gasteiger partial charge in [-0.15, -0.1) is 0 Å². The van der Waals surface area contributed by atoms with Crippen LogP contribution in [0.4, 0.5) is 16.2 Å². The number of anilines is 2. The van der Waals surface area contributed by atoms with E-state index >= 15 is 0 Å². The third-order valence-corrected chi connectivity index (χ3v) is 8.71. The van der Waals surface area contributed by atoms with Gasteiger partial charge in [0.2, 0.25) is 5.89 Å². The molecule has 3 heterocycles. The number of halogens is 1. The zero-order chi connectivity index (χ0) is 24.1. The molecule has 6 rings (SSSR count). The van der Waals surface area contributed by atoms with E-state index in [-0.39, 0.29) is 6.03 Å². The Labute approximate surface area is 212 Å². The van der Waals surface area contributed by atoms with E-state index in [9.17, 15) is 4.79 Å². The van der Waals surface area contributed by atoms with Crippen LogP contribution in [0.2, 0.25) is 5.02 Å². The summed E-state index contributed by atoms with van der Waals surface area (Å²) in [6.07, 6.45) is 4.39. The van der Waals surface area contributed by atoms with Crippen molar-refractivity contribution >= 4 is 29.0 Å². The Morgan fingerprint density at radius 1 is 1.09 bits per heavy atom. The molecule has 188 valence electrons. The zero-order valence-electron chi connectivity index (χ0n) is 20.6. The normalized spacial score (nSPS) is 27.0. The second-order valence-electron chi connectivity index (χ2n) is 11.0. The van der Waals surface area contributed by atoms with Gasteiger partial charge in [0, 0.05) is 57.1 Å². The van der Waals surface area contributed by atoms with Gasteiger partial charge in [-0.25, -0.2) is 4.79 Å². The van der Waals surface area contributed by atoms with Crippen molar-refractivity contribution in [1.82, 2.24) is 19.9 Å². The quantitative estimate of drug-likeness (QED) is 0.638. The Bertz CT molecular complexity index is 1060. The number of piperazine rings is 1. The zero-order valence-corrected chi connectivity index (χ0v) is 21.4. The van der Waals surface area contributed by atoms with Gasteiger partial charge >= 0.3 is 6.03 Å². The van der Waals surface area contributed by atoms with Crippen LogP contribution in [0.15, 0.2) is 22.7 Å². The molecule has 2 amide bonds. The molecule has 4 aliphatic rings. The van der Waals surface area contributed by atoms with E-state index < -0.39 is 0 Å². The van der Waals surface area contributed by atoms with Gasteiger partial charge in [-0.3, -0.25) is 4.90 Å². The first kappa shape index (κ1) is 23.1. The number of rotatable bonds is 5. The molecule has 4 fully saturated rings. The number of carbonyl (C=O) groups excluding carboxylic acids is 1. The third-order valence-electron chi connectivity index (χ3n) is 8.40. The van der Waals surface area contributed by atoms with Gasteiger partial charge < -0.3 is 19.6 Å². The van der Waals surface area contributed by atoms with Crippen molar-refractivity contribution in [3.8, 4) is 0 Å². The molecular weight excluding hydrogens is 464 g/mol. The first-order chi connectivity index (χ1) is 17.0. The number of likely N-dealkylation sites (tertiary alicyclic amines) is 1. The van der Waals surface area contributed by atoms with Gasteiger partial charge in [0.25, 0.3) is 0 Å². The van der Waals surface area contributed by atoms with Crippen LogP contribution in [0.5, 0.6) is 0 Å². The van der Waals surface area contributed by atoms with Crippen molar-refractivity contribution in [3.63, 3.8) is 0 Å². The molecule has 2 aliphatic heterocycles. The average Bonchev–Trinajstić information content (AvgIpc) is 3.25. The summed E-state index contributed by atoms with van der Waals surface area (Å²) < 4.78 is 5.48. The molecule has 2 saturated carbocycles. The van der Waals surface area contributed by atoms with Crippen molar-refractivity contribution in [2.45, 2.75) is 57.4 Å². The fourth-order valence-corrected chi connectivity index (χ4v) is 6.37. The number of aromatic nitrogens is 2. The minimum absolute atomic E-state index is 0.0540. The van der Waals surface area contributed by atoms with Crippen molar-refractivity contribution in [3.05, 3.63) is 34.9 Å². The van der Waals surface area contributed by atoms with E-state index in [2.05, 4.69) is 45.2 Å². The van der Waals surface area contributed by atoms with E-state index in [1.165, 1.54) is 12.8 Å². The number of hydrogen-bond acceptors (Lipinski definition) is 6. The maximum atomic E-state index is 13.3. The fourth-order valence-electron chi connectivity index (χ4n) is 6.15. The highest BCUT2D eigenvalue weighted by molar-refractivity contribution is 6.34. The molecule has 8 nitrogen and oxygen atoms in total. The van der Waals surface area contributed by atoms with Crippen LogP contribution >= 0.6 is 11.6 Å². The Kier molecular flexibility index (Phi) is 6.13. The van der Waals surface area contributed by atoms with Crippen LogP contribution in [0.3, 0.4) is 0 Å². The van der Waals surface area contributed by atoms with Crippen molar-refractivity contribution in [2.24, 2.45) is 11.8 Å². The topological polar surface area (TPSA) is 77.7 Å². The number of para-hydroxylation sites is 1. The summed E-state index contributed by atoms with van der Waals surface area (Å²) in [7, 11) is 0. The molecule has 0 spiro atoms. The van der Waals surface area contributed by atoms with Gasteiger partial charge in [-0.05, 0) is 63.5 Å². The number of nitrogens with zero attached hydrogens (tertiary/aromatic N) is 5. The van der Waals surface area contributed by atoms with Crippen LogP contribution in [-0.2, 0) is 0 Å². The smallest absolute Gasteiger partial charge is 0.321 e. The minimum atomic E-state index is -0.0540. The monoisotopic (exact) mass is 498 g/mol. The molecule has 0 bridgehead atoms. The number of fused-ring (bicyclic) bond motifs is 1. The fraction of sp³-hybridized carbons (Fsp3) is 0.654. The lowest BCUT2D eigenvalue weighted by atomic mass is 10.0. The Morgan fingerprint density at radius 3 is 2.46 bits per heavy atom. The van der Waals surface area contributed by atoms with Crippen LogP contribution < -0.4 is 10.2 Å². The predicted molar refractivity (Wildman–Crippen MR) is 136 cm³/mol. The SMILES string of the molecule is CC(C)N1CCN(c2cccc(Cl)c2NC(=O)N2C[C@H]3C[C@@H](c4noc(C5CC5)n4)C[C@H]3C2)CC1. The van der Waals surface area contributed by atoms with Crippen molar-refractivity contribution in [1.29, 1.82) is 0 Å². The van der Waals surface area contributed by atoms with Crippen LogP contribution in [0, 0.1) is 11.8 Å². The molecule has 1 N–H and O–H groups in total. The number of amides is 2. The first-order valence-electron chi connectivity index (χ1n) is 13.1. The molecule has 0 radical (unpaired) electrons. The second-order valence-corrected chi connectivity index (χ2v) is 11.4. The van der Waals surface area contributed by atoms with Crippen LogP contribution in [0.25, 0.3) is 0 Å². The molecule has 35 heavy (non-hydrogen) atoms. The van der Waals surface area contributed by atoms with Crippen LogP contribution in [0.1, 0.15) is 63.1 Å². The second kappa shape index (κ2) is 9.28. The maximum absolute atomic E-state index is 13.3. The summed E-state index contributed by atoms with van der Waals surface area (Å²) in [5.74, 6) is 3.51. The molecule has 1 aromatic carbocycles. The summed E-state index contributed by atoms with van der Waals surface area (Å²) in [6, 6.07) is 6.38. The minimum Gasteiger partial charge on any atom is -0.367 e. The number of nitrogens with one attached hydrogen (secondary N) is 1. The highest BCUT2D eigenvalue weighted by Crippen LogP contribution is 2.47. The molecule has 2 saturated heterocycles. The maximum Gasteiger partial charge on any atom is 0.321 e. The standard InChI is InChI=1S/C26H35ClN6O2/c1-16(2)31-8-10-32(11-9-31)22-5-3-4-21(27)23(22)28-26(34)33-14-19-12-18(13-20(19)15-33)24-29-25(35-30-24)17-6-7-17/h3-5,16-20H,6-15H2,1-2H3,(H,28,34)/t18-,19-,20+. The lowest BCUT2D eigenvalue weighted by molar-refractivity contribution is 0.209. The highest BCUT2D eigenvalue weighted by atomic mass is 35.5. The van der Waals surface area contributed by atoms with E-state index in [4.69, 9.17) is 16.1 Å². The lowest BCUT2D eigenvalue weighted by Crippen LogP contribution is -2.49.